The van der Waals surface area contributed by atoms with Gasteiger partial charge in [0, 0.05) is 16.9 Å². The highest BCUT2D eigenvalue weighted by atomic mass is 16.5. The standard InChI is InChI=1S/C23H30N2O4/c1-5-6-9-28-22-16-19(27)17-18(26)15-13-8-7-12(10-13)14(15)11-23(17,2)21(25(3)4)20(16)29-24-22/h7-8,12-15,21,26H,5-6,9-11H2,1-4H3/t12-,13+,14-,15+,21?,23+/m0/s1. The summed E-state index contributed by atoms with van der Waals surface area (Å²) < 4.78 is 11.5. The summed E-state index contributed by atoms with van der Waals surface area (Å²) in [5.74, 6) is 2.24. The average molecular weight is 399 g/mol. The average Bonchev–Trinajstić information content (AvgIpc) is 3.36. The lowest BCUT2D eigenvalue weighted by atomic mass is 9.56. The molecular weight excluding hydrogens is 368 g/mol. The van der Waals surface area contributed by atoms with Crippen LogP contribution in [0.4, 0.5) is 0 Å². The Morgan fingerprint density at radius 3 is 2.83 bits per heavy atom. The fraction of sp³-hybridized carbons (Fsp3) is 0.652. The maximum Gasteiger partial charge on any atom is 0.265 e. The molecule has 5 rings (SSSR count). The predicted octanol–water partition coefficient (Wildman–Crippen LogP) is 4.31. The van der Waals surface area contributed by atoms with E-state index in [0.29, 0.717) is 47.0 Å². The van der Waals surface area contributed by atoms with Gasteiger partial charge in [0.2, 0.25) is 5.78 Å². The quantitative estimate of drug-likeness (QED) is 0.588. The number of allylic oxidation sites excluding steroid dienone is 3. The summed E-state index contributed by atoms with van der Waals surface area (Å²) in [5, 5.41) is 15.5. The fourth-order valence-electron chi connectivity index (χ4n) is 6.60. The molecule has 0 aromatic carbocycles. The number of ether oxygens (including phenoxy) is 1. The molecule has 1 fully saturated rings. The lowest BCUT2D eigenvalue weighted by Gasteiger charge is -2.50. The Labute approximate surface area is 171 Å². The molecule has 0 aliphatic heterocycles. The molecule has 1 unspecified atom stereocenters. The van der Waals surface area contributed by atoms with Gasteiger partial charge < -0.3 is 14.4 Å². The zero-order valence-corrected chi connectivity index (χ0v) is 17.6. The van der Waals surface area contributed by atoms with Gasteiger partial charge in [0.25, 0.3) is 5.88 Å². The zero-order chi connectivity index (χ0) is 20.5. The second-order valence-electron chi connectivity index (χ2n) is 9.64. The van der Waals surface area contributed by atoms with Crippen molar-refractivity contribution in [2.45, 2.75) is 45.6 Å². The number of hydrogen-bond acceptors (Lipinski definition) is 6. The van der Waals surface area contributed by atoms with Crippen molar-refractivity contribution in [1.82, 2.24) is 10.1 Å². The first-order valence-corrected chi connectivity index (χ1v) is 10.8. The molecule has 0 spiro atoms. The van der Waals surface area contributed by atoms with Crippen LogP contribution in [0.2, 0.25) is 0 Å². The monoisotopic (exact) mass is 398 g/mol. The first-order chi connectivity index (χ1) is 13.9. The molecule has 6 atom stereocenters. The van der Waals surface area contributed by atoms with E-state index in [1.807, 2.05) is 14.1 Å². The Balaban J connectivity index is 1.65. The van der Waals surface area contributed by atoms with E-state index >= 15 is 0 Å². The summed E-state index contributed by atoms with van der Waals surface area (Å²) in [6, 6.07) is -0.174. The summed E-state index contributed by atoms with van der Waals surface area (Å²) in [6.07, 6.45) is 8.37. The first-order valence-electron chi connectivity index (χ1n) is 10.8. The molecule has 29 heavy (non-hydrogen) atoms. The van der Waals surface area contributed by atoms with Gasteiger partial charge in [0.15, 0.2) is 5.76 Å². The third-order valence-electron chi connectivity index (χ3n) is 7.67. The Hall–Kier alpha value is -2.08. The van der Waals surface area contributed by atoms with Gasteiger partial charge in [-0.15, -0.1) is 0 Å². The van der Waals surface area contributed by atoms with Gasteiger partial charge in [0.1, 0.15) is 11.3 Å². The molecule has 0 saturated heterocycles. The Morgan fingerprint density at radius 1 is 1.34 bits per heavy atom. The third kappa shape index (κ3) is 2.44. The minimum Gasteiger partial charge on any atom is -0.512 e. The van der Waals surface area contributed by atoms with Crippen LogP contribution >= 0.6 is 0 Å². The van der Waals surface area contributed by atoms with Crippen LogP contribution in [0.15, 0.2) is 28.0 Å². The van der Waals surface area contributed by atoms with Crippen molar-refractivity contribution in [2.75, 3.05) is 20.7 Å². The van der Waals surface area contributed by atoms with Gasteiger partial charge in [0.05, 0.1) is 12.6 Å². The van der Waals surface area contributed by atoms with Crippen LogP contribution in [-0.2, 0) is 0 Å². The highest BCUT2D eigenvalue weighted by Gasteiger charge is 2.61. The number of carbonyl (C=O) groups is 1. The van der Waals surface area contributed by atoms with Gasteiger partial charge in [-0.3, -0.25) is 9.69 Å². The summed E-state index contributed by atoms with van der Waals surface area (Å²) >= 11 is 0. The van der Waals surface area contributed by atoms with Crippen LogP contribution in [0.1, 0.15) is 61.7 Å². The molecule has 0 amide bonds. The van der Waals surface area contributed by atoms with Crippen molar-refractivity contribution in [3.05, 3.63) is 34.8 Å². The van der Waals surface area contributed by atoms with Gasteiger partial charge >= 0.3 is 0 Å². The molecule has 0 radical (unpaired) electrons. The molecule has 6 heteroatoms. The summed E-state index contributed by atoms with van der Waals surface area (Å²) in [7, 11) is 3.99. The van der Waals surface area contributed by atoms with E-state index in [-0.39, 0.29) is 23.6 Å². The maximum atomic E-state index is 13.7. The number of ketones is 1. The number of unbranched alkanes of at least 4 members (excludes halogenated alkanes) is 1. The van der Waals surface area contributed by atoms with Crippen LogP contribution in [-0.4, -0.2) is 41.6 Å². The van der Waals surface area contributed by atoms with Crippen molar-refractivity contribution < 1.29 is 19.2 Å². The number of aliphatic hydroxyl groups is 1. The van der Waals surface area contributed by atoms with Gasteiger partial charge in [-0.25, -0.2) is 0 Å². The Bertz CT molecular complexity index is 914. The normalized spacial score (nSPS) is 37.1. The summed E-state index contributed by atoms with van der Waals surface area (Å²) in [5.41, 5.74) is 0.433. The lowest BCUT2D eigenvalue weighted by molar-refractivity contribution is 0.0422. The second kappa shape index (κ2) is 6.46. The third-order valence-corrected chi connectivity index (χ3v) is 7.67. The van der Waals surface area contributed by atoms with Gasteiger partial charge in [-0.1, -0.05) is 32.4 Å². The number of hydrogen-bond donors (Lipinski definition) is 1. The van der Waals surface area contributed by atoms with Crippen molar-refractivity contribution >= 4 is 5.78 Å². The smallest absolute Gasteiger partial charge is 0.265 e. The first kappa shape index (κ1) is 18.9. The SMILES string of the molecule is CCCCOc1noc2c1C(=O)C1=C(O)[C@H]3[C@@H](C[C@@]1(C)C2N(C)C)[C@H]1C=C[C@@H]3C1. The van der Waals surface area contributed by atoms with Crippen molar-refractivity contribution in [3.63, 3.8) is 0 Å². The summed E-state index contributed by atoms with van der Waals surface area (Å²) in [6.45, 7) is 4.69. The van der Waals surface area contributed by atoms with E-state index < -0.39 is 5.41 Å². The number of Topliss-reactive ketones (excluding diaryl/α,β-unsaturated/α-hetero) is 1. The van der Waals surface area contributed by atoms with E-state index in [1.54, 1.807) is 0 Å². The number of carbonyl (C=O) groups excluding carboxylic acids is 1. The second-order valence-corrected chi connectivity index (χ2v) is 9.64. The Kier molecular flexibility index (Phi) is 4.21. The van der Waals surface area contributed by atoms with E-state index in [9.17, 15) is 9.90 Å². The van der Waals surface area contributed by atoms with E-state index in [2.05, 4.69) is 36.1 Å². The molecule has 1 aromatic heterocycles. The molecule has 1 heterocycles. The zero-order valence-electron chi connectivity index (χ0n) is 17.6. The number of rotatable bonds is 5. The van der Waals surface area contributed by atoms with Crippen LogP contribution in [0, 0.1) is 29.1 Å². The molecule has 156 valence electrons. The van der Waals surface area contributed by atoms with E-state index in [0.717, 1.165) is 25.7 Å². The predicted molar refractivity (Wildman–Crippen MR) is 108 cm³/mol. The highest BCUT2D eigenvalue weighted by Crippen LogP contribution is 2.64. The topological polar surface area (TPSA) is 75.8 Å². The number of aromatic nitrogens is 1. The maximum absolute atomic E-state index is 13.7. The van der Waals surface area contributed by atoms with Crippen molar-refractivity contribution in [2.24, 2.45) is 29.1 Å². The van der Waals surface area contributed by atoms with Crippen LogP contribution in [0.5, 0.6) is 5.88 Å². The molecular formula is C23H30N2O4. The van der Waals surface area contributed by atoms with Crippen molar-refractivity contribution in [1.29, 1.82) is 0 Å². The van der Waals surface area contributed by atoms with Gasteiger partial charge in [-0.2, -0.15) is 0 Å². The molecule has 1 saturated carbocycles. The van der Waals surface area contributed by atoms with E-state index in [4.69, 9.17) is 9.26 Å². The summed E-state index contributed by atoms with van der Waals surface area (Å²) in [4.78, 5) is 15.8. The number of nitrogens with zero attached hydrogens (tertiary/aromatic N) is 2. The molecule has 1 aromatic rings. The Morgan fingerprint density at radius 2 is 2.10 bits per heavy atom. The van der Waals surface area contributed by atoms with Gasteiger partial charge in [-0.05, 0) is 56.3 Å². The van der Waals surface area contributed by atoms with Crippen LogP contribution in [0.3, 0.4) is 0 Å². The highest BCUT2D eigenvalue weighted by molar-refractivity contribution is 6.13. The lowest BCUT2D eigenvalue weighted by Crippen LogP contribution is -2.49. The molecule has 4 aliphatic rings. The number of aliphatic hydroxyl groups excluding tert-OH is 1. The molecule has 1 N–H and O–H groups in total. The minimum absolute atomic E-state index is 0.0608. The fourth-order valence-corrected chi connectivity index (χ4v) is 6.60. The van der Waals surface area contributed by atoms with Crippen LogP contribution < -0.4 is 4.74 Å². The molecule has 4 aliphatic carbocycles. The molecule has 2 bridgehead atoms. The minimum atomic E-state index is -0.516. The number of fused-ring (bicyclic) bond motifs is 7. The van der Waals surface area contributed by atoms with Crippen LogP contribution in [0.25, 0.3) is 0 Å². The largest absolute Gasteiger partial charge is 0.512 e. The van der Waals surface area contributed by atoms with Crippen molar-refractivity contribution in [3.8, 4) is 5.88 Å². The molecule has 6 nitrogen and oxygen atoms in total. The van der Waals surface area contributed by atoms with E-state index in [1.165, 1.54) is 0 Å².